The van der Waals surface area contributed by atoms with Crippen LogP contribution in [0.25, 0.3) is 0 Å². The van der Waals surface area contributed by atoms with E-state index in [1.54, 1.807) is 0 Å². The first-order valence-electron chi connectivity index (χ1n) is 7.75. The average molecular weight is 289 g/mol. The van der Waals surface area contributed by atoms with Crippen LogP contribution in [0.4, 0.5) is 0 Å². The van der Waals surface area contributed by atoms with Gasteiger partial charge in [-0.3, -0.25) is 4.79 Å². The van der Waals surface area contributed by atoms with Gasteiger partial charge in [0.25, 0.3) is 0 Å². The van der Waals surface area contributed by atoms with Gasteiger partial charge >= 0.3 is 0 Å². The topological polar surface area (TPSA) is 49.6 Å². The van der Waals surface area contributed by atoms with Crippen molar-refractivity contribution in [2.45, 2.75) is 44.3 Å². The Morgan fingerprint density at radius 2 is 2.10 bits per heavy atom. The molecule has 4 nitrogen and oxygen atoms in total. The molecule has 0 bridgehead atoms. The zero-order valence-electron chi connectivity index (χ0n) is 13.3. The summed E-state index contributed by atoms with van der Waals surface area (Å²) in [5.74, 6) is 0.0561. The number of nitrogens with zero attached hydrogens (tertiary/aromatic N) is 2. The Labute approximate surface area is 127 Å². The van der Waals surface area contributed by atoms with Crippen molar-refractivity contribution >= 4 is 5.91 Å². The van der Waals surface area contributed by atoms with E-state index in [9.17, 15) is 4.79 Å². The molecule has 0 aromatic heterocycles. The van der Waals surface area contributed by atoms with Gasteiger partial charge in [0.1, 0.15) is 0 Å². The van der Waals surface area contributed by atoms with Gasteiger partial charge in [-0.15, -0.1) is 0 Å². The highest BCUT2D eigenvalue weighted by atomic mass is 16.2. The van der Waals surface area contributed by atoms with E-state index in [0.717, 1.165) is 24.9 Å². The maximum Gasteiger partial charge on any atom is 0.239 e. The average Bonchev–Trinajstić information content (AvgIpc) is 2.49. The molecule has 1 saturated heterocycles. The second-order valence-corrected chi connectivity index (χ2v) is 6.25. The zero-order valence-corrected chi connectivity index (χ0v) is 13.3. The zero-order chi connectivity index (χ0) is 15.4. The van der Waals surface area contributed by atoms with Gasteiger partial charge in [-0.2, -0.15) is 0 Å². The van der Waals surface area contributed by atoms with E-state index in [1.807, 2.05) is 42.3 Å². The summed E-state index contributed by atoms with van der Waals surface area (Å²) in [5.41, 5.74) is 7.23. The Morgan fingerprint density at radius 3 is 2.71 bits per heavy atom. The highest BCUT2D eigenvalue weighted by molar-refractivity contribution is 5.82. The number of carbonyl (C=O) groups excluding carboxylic acids is 1. The molecule has 1 heterocycles. The van der Waals surface area contributed by atoms with E-state index in [2.05, 4.69) is 18.9 Å². The molecule has 1 aromatic carbocycles. The maximum absolute atomic E-state index is 12.5. The van der Waals surface area contributed by atoms with Gasteiger partial charge in [0, 0.05) is 25.7 Å². The second kappa shape index (κ2) is 7.05. The molecule has 4 heteroatoms. The summed E-state index contributed by atoms with van der Waals surface area (Å²) in [7, 11) is 4.04. The van der Waals surface area contributed by atoms with Crippen molar-refractivity contribution in [3.8, 4) is 0 Å². The third-order valence-corrected chi connectivity index (χ3v) is 4.69. The first kappa shape index (κ1) is 16.0. The number of rotatable bonds is 4. The van der Waals surface area contributed by atoms with Crippen molar-refractivity contribution in [3.63, 3.8) is 0 Å². The summed E-state index contributed by atoms with van der Waals surface area (Å²) in [4.78, 5) is 16.7. The number of hydrogen-bond acceptors (Lipinski definition) is 3. The molecule has 3 atom stereocenters. The molecule has 116 valence electrons. The van der Waals surface area contributed by atoms with E-state index in [-0.39, 0.29) is 5.91 Å². The second-order valence-electron chi connectivity index (χ2n) is 6.25. The van der Waals surface area contributed by atoms with Gasteiger partial charge in [-0.25, -0.2) is 0 Å². The van der Waals surface area contributed by atoms with Crippen molar-refractivity contribution in [3.05, 3.63) is 35.9 Å². The molecule has 2 rings (SSSR count). The molecular weight excluding hydrogens is 262 g/mol. The lowest BCUT2D eigenvalue weighted by atomic mass is 9.96. The van der Waals surface area contributed by atoms with Crippen molar-refractivity contribution in [1.29, 1.82) is 0 Å². The molecule has 0 unspecified atom stereocenters. The normalized spacial score (nSPS) is 24.6. The summed E-state index contributed by atoms with van der Waals surface area (Å²) < 4.78 is 0. The number of likely N-dealkylation sites (N-methyl/N-ethyl adjacent to an activating group) is 1. The van der Waals surface area contributed by atoms with Gasteiger partial charge in [-0.05, 0) is 38.8 Å². The van der Waals surface area contributed by atoms with Gasteiger partial charge in [-0.1, -0.05) is 30.3 Å². The van der Waals surface area contributed by atoms with Crippen LogP contribution in [0.3, 0.4) is 0 Å². The molecular formula is C17H27N3O. The van der Waals surface area contributed by atoms with E-state index in [4.69, 9.17) is 5.73 Å². The van der Waals surface area contributed by atoms with Crippen molar-refractivity contribution < 1.29 is 4.79 Å². The largest absolute Gasteiger partial charge is 0.341 e. The third-order valence-electron chi connectivity index (χ3n) is 4.69. The smallest absolute Gasteiger partial charge is 0.239 e. The number of carbonyl (C=O) groups is 1. The fourth-order valence-corrected chi connectivity index (χ4v) is 3.01. The van der Waals surface area contributed by atoms with E-state index in [1.165, 1.54) is 0 Å². The molecule has 0 spiro atoms. The number of piperidine rings is 1. The van der Waals surface area contributed by atoms with Crippen molar-refractivity contribution in [2.75, 3.05) is 20.6 Å². The number of nitrogens with two attached hydrogens (primary N) is 1. The fourth-order valence-electron chi connectivity index (χ4n) is 3.01. The minimum atomic E-state index is -0.452. The summed E-state index contributed by atoms with van der Waals surface area (Å²) >= 11 is 0. The van der Waals surface area contributed by atoms with Crippen LogP contribution in [0.15, 0.2) is 30.3 Å². The first-order chi connectivity index (χ1) is 9.99. The van der Waals surface area contributed by atoms with Crippen molar-refractivity contribution in [2.24, 2.45) is 5.73 Å². The number of hydrogen-bond donors (Lipinski definition) is 1. The Hall–Kier alpha value is -1.39. The summed E-state index contributed by atoms with van der Waals surface area (Å²) in [5, 5.41) is 0. The lowest BCUT2D eigenvalue weighted by Crippen LogP contribution is -2.52. The monoisotopic (exact) mass is 289 g/mol. The molecule has 21 heavy (non-hydrogen) atoms. The highest BCUT2D eigenvalue weighted by Gasteiger charge is 2.30. The van der Waals surface area contributed by atoms with Crippen molar-refractivity contribution in [1.82, 2.24) is 9.80 Å². The standard InChI is InChI=1S/C17H27N3O/c1-13-11-15(9-10-19(13)2)20(3)17(21)16(18)12-14-7-5-4-6-8-14/h4-8,13,15-16H,9-12,18H2,1-3H3/t13-,15-,16+/m1/s1. The number of likely N-dealkylation sites (tertiary alicyclic amines) is 1. The van der Waals surface area contributed by atoms with Gasteiger partial charge in [0.15, 0.2) is 0 Å². The molecule has 1 fully saturated rings. The first-order valence-corrected chi connectivity index (χ1v) is 7.75. The van der Waals surface area contributed by atoms with Crippen LogP contribution in [0, 0.1) is 0 Å². The number of benzene rings is 1. The van der Waals surface area contributed by atoms with Crippen LogP contribution in [-0.2, 0) is 11.2 Å². The molecule has 1 aliphatic rings. The highest BCUT2D eigenvalue weighted by Crippen LogP contribution is 2.20. The molecule has 2 N–H and O–H groups in total. The fraction of sp³-hybridized carbons (Fsp3) is 0.588. The van der Waals surface area contributed by atoms with Gasteiger partial charge in [0.05, 0.1) is 6.04 Å². The Bertz CT molecular complexity index is 462. The molecule has 1 amide bonds. The van der Waals surface area contributed by atoms with E-state index in [0.29, 0.717) is 18.5 Å². The summed E-state index contributed by atoms with van der Waals surface area (Å²) in [6.45, 7) is 3.26. The third kappa shape index (κ3) is 4.05. The quantitative estimate of drug-likeness (QED) is 0.914. The van der Waals surface area contributed by atoms with Crippen LogP contribution in [0.2, 0.25) is 0 Å². The van der Waals surface area contributed by atoms with Gasteiger partial charge < -0.3 is 15.5 Å². The Kier molecular flexibility index (Phi) is 5.37. The SMILES string of the molecule is C[C@@H]1C[C@H](N(C)C(=O)[C@@H](N)Cc2ccccc2)CCN1C. The minimum absolute atomic E-state index is 0.0561. The predicted octanol–water partition coefficient (Wildman–Crippen LogP) is 1.50. The van der Waals surface area contributed by atoms with Crippen LogP contribution in [-0.4, -0.2) is 54.5 Å². The molecule has 1 aliphatic heterocycles. The van der Waals surface area contributed by atoms with Crippen LogP contribution in [0.5, 0.6) is 0 Å². The summed E-state index contributed by atoms with van der Waals surface area (Å²) in [6, 6.07) is 10.4. The molecule has 0 radical (unpaired) electrons. The minimum Gasteiger partial charge on any atom is -0.341 e. The molecule has 0 aliphatic carbocycles. The van der Waals surface area contributed by atoms with Crippen LogP contribution < -0.4 is 5.73 Å². The summed E-state index contributed by atoms with van der Waals surface area (Å²) in [6.07, 6.45) is 2.66. The number of amides is 1. The van der Waals surface area contributed by atoms with E-state index >= 15 is 0 Å². The van der Waals surface area contributed by atoms with Crippen LogP contribution in [0.1, 0.15) is 25.3 Å². The Morgan fingerprint density at radius 1 is 1.43 bits per heavy atom. The van der Waals surface area contributed by atoms with Crippen LogP contribution >= 0.6 is 0 Å². The van der Waals surface area contributed by atoms with Gasteiger partial charge in [0.2, 0.25) is 5.91 Å². The lowest BCUT2D eigenvalue weighted by Gasteiger charge is -2.40. The molecule has 1 aromatic rings. The molecule has 0 saturated carbocycles. The lowest BCUT2D eigenvalue weighted by molar-refractivity contribution is -0.134. The maximum atomic E-state index is 12.5. The van der Waals surface area contributed by atoms with E-state index < -0.39 is 6.04 Å². The Balaban J connectivity index is 1.92. The predicted molar refractivity (Wildman–Crippen MR) is 86.0 cm³/mol.